The van der Waals surface area contributed by atoms with Crippen molar-refractivity contribution in [1.82, 2.24) is 25.9 Å². The number of carbonyl (C=O) groups excluding carboxylic acids is 4. The number of nitrogens with zero attached hydrogens (tertiary/aromatic N) is 1. The summed E-state index contributed by atoms with van der Waals surface area (Å²) in [4.78, 5) is 67.2. The van der Waals surface area contributed by atoms with Crippen LogP contribution in [-0.4, -0.2) is 74.6 Å². The number of carboxylic acid groups (broad SMARTS) is 1. The van der Waals surface area contributed by atoms with Crippen LogP contribution in [0.2, 0.25) is 0 Å². The van der Waals surface area contributed by atoms with Gasteiger partial charge in [-0.15, -0.1) is 0 Å². The van der Waals surface area contributed by atoms with Crippen molar-refractivity contribution in [2.45, 2.75) is 57.3 Å². The molecule has 0 fully saturated rings. The molecule has 0 spiro atoms. The highest BCUT2D eigenvalue weighted by molar-refractivity contribution is 7.80. The van der Waals surface area contributed by atoms with Crippen LogP contribution in [0, 0.1) is 5.92 Å². The van der Waals surface area contributed by atoms with Gasteiger partial charge < -0.3 is 37.5 Å². The number of hydrogen-bond donors (Lipinski definition) is 8. The van der Waals surface area contributed by atoms with Gasteiger partial charge in [0, 0.05) is 24.1 Å². The molecule has 9 N–H and O–H groups in total. The normalized spacial score (nSPS) is 15.4. The van der Waals surface area contributed by atoms with Gasteiger partial charge in [-0.3, -0.25) is 19.2 Å². The van der Waals surface area contributed by atoms with E-state index < -0.39 is 60.2 Å². The summed E-state index contributed by atoms with van der Waals surface area (Å²) in [5.74, 6) is -4.98. The first-order chi connectivity index (χ1) is 15.5. The molecule has 0 saturated heterocycles. The minimum atomic E-state index is -1.40. The van der Waals surface area contributed by atoms with Gasteiger partial charge in [0.25, 0.3) is 0 Å². The predicted octanol–water partition coefficient (Wildman–Crippen LogP) is -2.33. The van der Waals surface area contributed by atoms with Crippen molar-refractivity contribution >= 4 is 42.2 Å². The number of aromatic amines is 1. The highest BCUT2D eigenvalue weighted by atomic mass is 32.1. The summed E-state index contributed by atoms with van der Waals surface area (Å²) in [7, 11) is 0. The first-order valence-electron chi connectivity index (χ1n) is 10.3. The van der Waals surface area contributed by atoms with Crippen LogP contribution < -0.4 is 27.4 Å². The van der Waals surface area contributed by atoms with Crippen molar-refractivity contribution in [1.29, 1.82) is 0 Å². The molecule has 0 aromatic carbocycles. The molecule has 0 radical (unpaired) electrons. The van der Waals surface area contributed by atoms with Gasteiger partial charge in [-0.1, -0.05) is 20.3 Å². The molecule has 14 heteroatoms. The van der Waals surface area contributed by atoms with E-state index in [-0.39, 0.29) is 18.1 Å². The van der Waals surface area contributed by atoms with Crippen LogP contribution in [0.25, 0.3) is 0 Å². The maximum absolute atomic E-state index is 12.7. The van der Waals surface area contributed by atoms with E-state index in [0.29, 0.717) is 12.1 Å². The van der Waals surface area contributed by atoms with E-state index in [9.17, 15) is 29.1 Å². The van der Waals surface area contributed by atoms with E-state index >= 15 is 0 Å². The number of carbonyl (C=O) groups is 5. The van der Waals surface area contributed by atoms with Crippen LogP contribution in [0.4, 0.5) is 0 Å². The fraction of sp³-hybridized carbons (Fsp3) is 0.579. The maximum atomic E-state index is 12.7. The second kappa shape index (κ2) is 13.4. The van der Waals surface area contributed by atoms with Crippen molar-refractivity contribution in [3.05, 3.63) is 18.2 Å². The van der Waals surface area contributed by atoms with Gasteiger partial charge in [-0.2, -0.15) is 12.6 Å². The van der Waals surface area contributed by atoms with E-state index in [0.717, 1.165) is 0 Å². The van der Waals surface area contributed by atoms with Crippen LogP contribution in [0.5, 0.6) is 0 Å². The molecule has 0 bridgehead atoms. The number of primary amides is 1. The summed E-state index contributed by atoms with van der Waals surface area (Å²) in [6.45, 7) is 3.44. The molecule has 13 nitrogen and oxygen atoms in total. The van der Waals surface area contributed by atoms with E-state index in [2.05, 4.69) is 38.5 Å². The lowest BCUT2D eigenvalue weighted by Gasteiger charge is -2.25. The molecule has 1 aromatic rings. The lowest BCUT2D eigenvalue weighted by Crippen LogP contribution is -2.59. The zero-order valence-electron chi connectivity index (χ0n) is 18.4. The Morgan fingerprint density at radius 2 is 1.73 bits per heavy atom. The maximum Gasteiger partial charge on any atom is 0.326 e. The number of rotatable bonds is 14. The molecule has 4 amide bonds. The first kappa shape index (κ1) is 27.9. The summed E-state index contributed by atoms with van der Waals surface area (Å²) >= 11 is 4.04. The number of imidazole rings is 1. The Morgan fingerprint density at radius 3 is 2.21 bits per heavy atom. The van der Waals surface area contributed by atoms with E-state index in [1.807, 2.05) is 0 Å². The number of nitrogens with one attached hydrogen (secondary N) is 4. The fourth-order valence-electron chi connectivity index (χ4n) is 2.82. The number of amides is 4. The molecule has 1 heterocycles. The highest BCUT2D eigenvalue weighted by Crippen LogP contribution is 2.08. The van der Waals surface area contributed by atoms with Gasteiger partial charge in [-0.25, -0.2) is 9.78 Å². The molecule has 0 saturated carbocycles. The third-order valence-electron chi connectivity index (χ3n) is 4.96. The summed E-state index contributed by atoms with van der Waals surface area (Å²) < 4.78 is 0. The molecule has 0 aliphatic heterocycles. The number of carboxylic acids is 1. The van der Waals surface area contributed by atoms with E-state index in [1.165, 1.54) is 12.5 Å². The summed E-state index contributed by atoms with van der Waals surface area (Å²) in [5.41, 5.74) is 11.6. The number of hydrogen-bond acceptors (Lipinski definition) is 8. The standard InChI is InChI=1S/C19H31N7O6S/c1-3-9(2)15(19(31)32)26-18(30)13(7-33)25-17(29)12(5-14(21)27)24-16(28)11(20)4-10-6-22-8-23-10/h6,8-9,11-13,15,33H,3-5,7,20H2,1-2H3,(H2,21,27)(H,22,23)(H,24,28)(H,25,29)(H,26,30)(H,31,32). The molecule has 0 aliphatic carbocycles. The van der Waals surface area contributed by atoms with Crippen LogP contribution in [0.3, 0.4) is 0 Å². The Balaban J connectivity index is 2.85. The van der Waals surface area contributed by atoms with Crippen molar-refractivity contribution in [3.8, 4) is 0 Å². The van der Waals surface area contributed by atoms with Gasteiger partial charge in [0.05, 0.1) is 18.8 Å². The average molecular weight is 486 g/mol. The Morgan fingerprint density at radius 1 is 1.12 bits per heavy atom. The Hall–Kier alpha value is -3.13. The van der Waals surface area contributed by atoms with Crippen molar-refractivity contribution in [2.24, 2.45) is 17.4 Å². The fourth-order valence-corrected chi connectivity index (χ4v) is 3.08. The second-order valence-corrected chi connectivity index (χ2v) is 7.94. The van der Waals surface area contributed by atoms with Crippen molar-refractivity contribution in [2.75, 3.05) is 5.75 Å². The molecule has 0 aliphatic rings. The zero-order valence-corrected chi connectivity index (χ0v) is 19.3. The Labute approximate surface area is 196 Å². The minimum absolute atomic E-state index is 0.102. The minimum Gasteiger partial charge on any atom is -0.480 e. The van der Waals surface area contributed by atoms with Crippen LogP contribution >= 0.6 is 12.6 Å². The highest BCUT2D eigenvalue weighted by Gasteiger charge is 2.32. The van der Waals surface area contributed by atoms with Crippen LogP contribution in [-0.2, 0) is 30.4 Å². The van der Waals surface area contributed by atoms with E-state index in [1.54, 1.807) is 13.8 Å². The SMILES string of the molecule is CCC(C)C(NC(=O)C(CS)NC(=O)C(CC(N)=O)NC(=O)C(N)Cc1cnc[nH]1)C(=O)O. The monoisotopic (exact) mass is 485 g/mol. The lowest BCUT2D eigenvalue weighted by atomic mass is 9.99. The number of aliphatic carboxylic acids is 1. The molecular formula is C19H31N7O6S. The average Bonchev–Trinajstić information content (AvgIpc) is 3.26. The van der Waals surface area contributed by atoms with Gasteiger partial charge in [0.1, 0.15) is 18.1 Å². The third-order valence-corrected chi connectivity index (χ3v) is 5.33. The second-order valence-electron chi connectivity index (χ2n) is 7.57. The number of H-pyrrole nitrogens is 1. The Bertz CT molecular complexity index is 835. The van der Waals surface area contributed by atoms with E-state index in [4.69, 9.17) is 11.5 Å². The lowest BCUT2D eigenvalue weighted by molar-refractivity contribution is -0.143. The molecule has 33 heavy (non-hydrogen) atoms. The summed E-state index contributed by atoms with van der Waals surface area (Å²) in [6.07, 6.45) is 2.97. The molecular weight excluding hydrogens is 454 g/mol. The van der Waals surface area contributed by atoms with Gasteiger partial charge in [0.2, 0.25) is 23.6 Å². The molecule has 1 rings (SSSR count). The summed E-state index contributed by atoms with van der Waals surface area (Å²) in [5, 5.41) is 16.4. The van der Waals surface area contributed by atoms with Crippen LogP contribution in [0.15, 0.2) is 12.5 Å². The topological polar surface area (TPSA) is 222 Å². The zero-order chi connectivity index (χ0) is 25.1. The predicted molar refractivity (Wildman–Crippen MR) is 121 cm³/mol. The molecule has 5 atom stereocenters. The van der Waals surface area contributed by atoms with Gasteiger partial charge >= 0.3 is 5.97 Å². The smallest absolute Gasteiger partial charge is 0.326 e. The largest absolute Gasteiger partial charge is 0.480 e. The quantitative estimate of drug-likeness (QED) is 0.133. The van der Waals surface area contributed by atoms with Crippen LogP contribution in [0.1, 0.15) is 32.4 Å². The number of aromatic nitrogens is 2. The van der Waals surface area contributed by atoms with Crippen molar-refractivity contribution < 1.29 is 29.1 Å². The number of thiol groups is 1. The molecule has 5 unspecified atom stereocenters. The first-order valence-corrected chi connectivity index (χ1v) is 10.9. The van der Waals surface area contributed by atoms with Gasteiger partial charge in [0.15, 0.2) is 0 Å². The van der Waals surface area contributed by atoms with Crippen molar-refractivity contribution in [3.63, 3.8) is 0 Å². The Kier molecular flexibility index (Phi) is 11.4. The third kappa shape index (κ3) is 9.10. The summed E-state index contributed by atoms with van der Waals surface area (Å²) in [6, 6.07) is -4.84. The van der Waals surface area contributed by atoms with Gasteiger partial charge in [-0.05, 0) is 5.92 Å². The molecule has 1 aromatic heterocycles. The number of nitrogens with two attached hydrogens (primary N) is 2. The molecule has 184 valence electrons.